The van der Waals surface area contributed by atoms with E-state index in [9.17, 15) is 18.3 Å². The van der Waals surface area contributed by atoms with Crippen molar-refractivity contribution in [1.82, 2.24) is 4.31 Å². The van der Waals surface area contributed by atoms with E-state index in [2.05, 4.69) is 0 Å². The fourth-order valence-corrected chi connectivity index (χ4v) is 4.07. The lowest BCUT2D eigenvalue weighted by atomic mass is 10.2. The van der Waals surface area contributed by atoms with Gasteiger partial charge in [0.2, 0.25) is 10.0 Å². The molecule has 0 spiro atoms. The summed E-state index contributed by atoms with van der Waals surface area (Å²) in [5.41, 5.74) is 0. The largest absolute Gasteiger partial charge is 0.548 e. The molecule has 5 nitrogen and oxygen atoms in total. The Morgan fingerprint density at radius 1 is 1.32 bits per heavy atom. The highest BCUT2D eigenvalue weighted by atomic mass is 35.5. The average molecular weight is 323 g/mol. The van der Waals surface area contributed by atoms with E-state index in [-0.39, 0.29) is 27.9 Å². The van der Waals surface area contributed by atoms with Gasteiger partial charge in [0.1, 0.15) is 0 Å². The fourth-order valence-electron chi connectivity index (χ4n) is 2.04. The Kier molecular flexibility index (Phi) is 4.06. The molecule has 0 aromatic heterocycles. The summed E-state index contributed by atoms with van der Waals surface area (Å²) in [6, 6.07) is 2.75. The number of hydrogen-bond acceptors (Lipinski definition) is 4. The van der Waals surface area contributed by atoms with Crippen LogP contribution in [0.25, 0.3) is 0 Å². The van der Waals surface area contributed by atoms with Crippen molar-refractivity contribution >= 4 is 39.2 Å². The third kappa shape index (κ3) is 2.72. The van der Waals surface area contributed by atoms with Crippen LogP contribution in [0.1, 0.15) is 12.8 Å². The number of rotatable bonds is 3. The highest BCUT2D eigenvalue weighted by Gasteiger charge is 2.36. The van der Waals surface area contributed by atoms with E-state index < -0.39 is 22.0 Å². The molecule has 1 aliphatic heterocycles. The molecule has 0 radical (unpaired) electrons. The number of carboxylic acids is 1. The molecule has 0 N–H and O–H groups in total. The van der Waals surface area contributed by atoms with Crippen molar-refractivity contribution < 1.29 is 18.3 Å². The van der Waals surface area contributed by atoms with Gasteiger partial charge in [-0.15, -0.1) is 0 Å². The lowest BCUT2D eigenvalue weighted by Crippen LogP contribution is -2.46. The summed E-state index contributed by atoms with van der Waals surface area (Å²) in [5.74, 6) is -1.39. The average Bonchev–Trinajstić information content (AvgIpc) is 2.82. The first kappa shape index (κ1) is 14.6. The fraction of sp³-hybridized carbons (Fsp3) is 0.364. The predicted molar refractivity (Wildman–Crippen MR) is 68.4 cm³/mol. The molecule has 1 aromatic rings. The molecular weight excluding hydrogens is 313 g/mol. The van der Waals surface area contributed by atoms with Crippen molar-refractivity contribution in [3.63, 3.8) is 0 Å². The van der Waals surface area contributed by atoms with Crippen LogP contribution in [0, 0.1) is 0 Å². The van der Waals surface area contributed by atoms with Crippen LogP contribution in [0.3, 0.4) is 0 Å². The zero-order valence-corrected chi connectivity index (χ0v) is 12.0. The van der Waals surface area contributed by atoms with Crippen molar-refractivity contribution in [1.29, 1.82) is 0 Å². The zero-order valence-electron chi connectivity index (χ0n) is 9.68. The van der Waals surface area contributed by atoms with Gasteiger partial charge in [0, 0.05) is 6.54 Å². The van der Waals surface area contributed by atoms with Gasteiger partial charge in [0.15, 0.2) is 0 Å². The van der Waals surface area contributed by atoms with Crippen LogP contribution in [-0.4, -0.2) is 31.3 Å². The summed E-state index contributed by atoms with van der Waals surface area (Å²) in [7, 11) is -3.90. The highest BCUT2D eigenvalue weighted by molar-refractivity contribution is 7.89. The number of halogens is 2. The molecular formula is C11H10Cl2NO4S-. The van der Waals surface area contributed by atoms with Crippen molar-refractivity contribution in [3.05, 3.63) is 28.2 Å². The molecule has 0 amide bonds. The highest BCUT2D eigenvalue weighted by Crippen LogP contribution is 2.30. The van der Waals surface area contributed by atoms with Gasteiger partial charge in [-0.25, -0.2) is 8.42 Å². The monoisotopic (exact) mass is 322 g/mol. The van der Waals surface area contributed by atoms with Gasteiger partial charge in [-0.1, -0.05) is 23.2 Å². The van der Waals surface area contributed by atoms with E-state index in [1.165, 1.54) is 18.2 Å². The van der Waals surface area contributed by atoms with E-state index in [1.807, 2.05) is 0 Å². The third-order valence-corrected chi connectivity index (χ3v) is 5.62. The maximum atomic E-state index is 12.3. The molecule has 1 fully saturated rings. The molecule has 1 heterocycles. The lowest BCUT2D eigenvalue weighted by molar-refractivity contribution is -0.309. The predicted octanol–water partition coefficient (Wildman–Crippen LogP) is 0.896. The van der Waals surface area contributed by atoms with E-state index >= 15 is 0 Å². The molecule has 1 aliphatic rings. The summed E-state index contributed by atoms with van der Waals surface area (Å²) in [6.45, 7) is 0.154. The van der Waals surface area contributed by atoms with Gasteiger partial charge >= 0.3 is 0 Å². The minimum Gasteiger partial charge on any atom is -0.548 e. The van der Waals surface area contributed by atoms with E-state index in [0.29, 0.717) is 6.42 Å². The van der Waals surface area contributed by atoms with Crippen LogP contribution in [0.15, 0.2) is 23.1 Å². The van der Waals surface area contributed by atoms with Crippen molar-refractivity contribution in [2.45, 2.75) is 23.8 Å². The standard InChI is InChI=1S/C11H11Cl2NO4S/c12-8-4-3-7(6-9(8)13)19(17,18)14-5-1-2-10(14)11(15)16/h3-4,6,10H,1-2,5H2,(H,15,16)/p-1/t10-/m1/s1. The molecule has 104 valence electrons. The van der Waals surface area contributed by atoms with Gasteiger partial charge in [-0.2, -0.15) is 4.31 Å². The number of benzene rings is 1. The first-order valence-corrected chi connectivity index (χ1v) is 7.71. The number of aliphatic carboxylic acids is 1. The maximum Gasteiger partial charge on any atom is 0.243 e. The summed E-state index contributed by atoms with van der Waals surface area (Å²) < 4.78 is 25.6. The number of sulfonamides is 1. The van der Waals surface area contributed by atoms with E-state index in [0.717, 1.165) is 4.31 Å². The van der Waals surface area contributed by atoms with Crippen molar-refractivity contribution in [2.75, 3.05) is 6.54 Å². The normalized spacial score (nSPS) is 20.6. The zero-order chi connectivity index (χ0) is 14.2. The van der Waals surface area contributed by atoms with Crippen molar-refractivity contribution in [2.24, 2.45) is 0 Å². The van der Waals surface area contributed by atoms with E-state index in [1.54, 1.807) is 0 Å². The van der Waals surface area contributed by atoms with Crippen LogP contribution in [-0.2, 0) is 14.8 Å². The Hall–Kier alpha value is -0.820. The second kappa shape index (κ2) is 5.28. The van der Waals surface area contributed by atoms with Crippen LogP contribution in [0.2, 0.25) is 10.0 Å². The first-order valence-electron chi connectivity index (χ1n) is 5.52. The van der Waals surface area contributed by atoms with Crippen LogP contribution >= 0.6 is 23.2 Å². The molecule has 1 saturated heterocycles. The topological polar surface area (TPSA) is 77.5 Å². The molecule has 2 rings (SSSR count). The minimum absolute atomic E-state index is 0.0740. The molecule has 0 aliphatic carbocycles. The number of carbonyl (C=O) groups excluding carboxylic acids is 1. The Balaban J connectivity index is 2.42. The SMILES string of the molecule is O=C([O-])[C@H]1CCCN1S(=O)(=O)c1ccc(Cl)c(Cl)c1. The smallest absolute Gasteiger partial charge is 0.243 e. The van der Waals surface area contributed by atoms with E-state index in [4.69, 9.17) is 23.2 Å². The van der Waals surface area contributed by atoms with Crippen molar-refractivity contribution in [3.8, 4) is 0 Å². The summed E-state index contributed by atoms with van der Waals surface area (Å²) in [6.07, 6.45) is 0.738. The molecule has 1 aromatic carbocycles. The molecule has 8 heteroatoms. The Morgan fingerprint density at radius 2 is 2.00 bits per heavy atom. The number of carbonyl (C=O) groups is 1. The molecule has 19 heavy (non-hydrogen) atoms. The van der Waals surface area contributed by atoms with Gasteiger partial charge in [-0.05, 0) is 31.0 Å². The summed E-state index contributed by atoms with van der Waals surface area (Å²) >= 11 is 11.5. The van der Waals surface area contributed by atoms with Gasteiger partial charge in [0.25, 0.3) is 0 Å². The summed E-state index contributed by atoms with van der Waals surface area (Å²) in [4.78, 5) is 10.9. The molecule has 0 unspecified atom stereocenters. The van der Waals surface area contributed by atoms with Crippen LogP contribution < -0.4 is 5.11 Å². The number of nitrogens with zero attached hydrogens (tertiary/aromatic N) is 1. The Bertz CT molecular complexity index is 617. The second-order valence-corrected chi connectivity index (χ2v) is 6.87. The maximum absolute atomic E-state index is 12.3. The molecule has 1 atom stereocenters. The minimum atomic E-state index is -3.90. The lowest BCUT2D eigenvalue weighted by Gasteiger charge is -2.24. The summed E-state index contributed by atoms with van der Waals surface area (Å²) in [5, 5.41) is 11.3. The third-order valence-electron chi connectivity index (χ3n) is 2.97. The Labute approximate surface area is 120 Å². The number of hydrogen-bond donors (Lipinski definition) is 0. The Morgan fingerprint density at radius 3 is 2.58 bits per heavy atom. The quantitative estimate of drug-likeness (QED) is 0.828. The van der Waals surface area contributed by atoms with Gasteiger partial charge < -0.3 is 9.90 Å². The molecule has 0 bridgehead atoms. The molecule has 0 saturated carbocycles. The first-order chi connectivity index (χ1) is 8.84. The number of carboxylic acid groups (broad SMARTS) is 1. The van der Waals surface area contributed by atoms with Crippen LogP contribution in [0.4, 0.5) is 0 Å². The second-order valence-electron chi connectivity index (χ2n) is 4.17. The van der Waals surface area contributed by atoms with Gasteiger partial charge in [-0.3, -0.25) is 0 Å². The van der Waals surface area contributed by atoms with Gasteiger partial charge in [0.05, 0.1) is 27.0 Å². The van der Waals surface area contributed by atoms with Crippen LogP contribution in [0.5, 0.6) is 0 Å².